The number of para-hydroxylation sites is 1. The standard InChI is InChI=1S/C28H25N5O4S/c1-2-35-20-10-8-19(9-11-20)33-27(22-15-29-23-6-4-3-5-21(22)23)31-32-28(33)38-16-26(34)30-14-18-7-12-24-25(13-18)37-17-36-24/h3-13,15,29H,2,14,16-17H2,1H3,(H,30,34). The number of aromatic nitrogens is 4. The molecule has 0 radical (unpaired) electrons. The molecular formula is C28H25N5O4S. The van der Waals surface area contributed by atoms with Crippen LogP contribution in [0.2, 0.25) is 0 Å². The van der Waals surface area contributed by atoms with Crippen molar-refractivity contribution in [3.8, 4) is 34.3 Å². The molecule has 2 N–H and O–H groups in total. The van der Waals surface area contributed by atoms with Crippen molar-refractivity contribution >= 4 is 28.6 Å². The molecule has 3 heterocycles. The molecule has 1 aliphatic heterocycles. The fourth-order valence-electron chi connectivity index (χ4n) is 4.32. The summed E-state index contributed by atoms with van der Waals surface area (Å²) in [6.45, 7) is 3.16. The lowest BCUT2D eigenvalue weighted by molar-refractivity contribution is -0.118. The molecule has 0 spiro atoms. The molecule has 3 aromatic carbocycles. The second kappa shape index (κ2) is 10.5. The van der Waals surface area contributed by atoms with Crippen molar-refractivity contribution in [2.75, 3.05) is 19.2 Å². The van der Waals surface area contributed by atoms with Gasteiger partial charge in [-0.25, -0.2) is 0 Å². The lowest BCUT2D eigenvalue weighted by atomic mass is 10.1. The first-order valence-electron chi connectivity index (χ1n) is 12.2. The molecular weight excluding hydrogens is 502 g/mol. The van der Waals surface area contributed by atoms with Crippen molar-refractivity contribution in [3.05, 3.63) is 78.5 Å². The normalized spacial score (nSPS) is 12.1. The van der Waals surface area contributed by atoms with Crippen LogP contribution in [0.5, 0.6) is 17.2 Å². The Labute approximate surface area is 223 Å². The van der Waals surface area contributed by atoms with Crippen molar-refractivity contribution in [3.63, 3.8) is 0 Å². The fraction of sp³-hybridized carbons (Fsp3) is 0.179. The number of benzene rings is 3. The third-order valence-electron chi connectivity index (χ3n) is 6.13. The largest absolute Gasteiger partial charge is 0.494 e. The Morgan fingerprint density at radius 1 is 1.08 bits per heavy atom. The smallest absolute Gasteiger partial charge is 0.231 e. The van der Waals surface area contributed by atoms with Crippen LogP contribution in [-0.4, -0.2) is 44.8 Å². The van der Waals surface area contributed by atoms with E-state index >= 15 is 0 Å². The molecule has 0 atom stereocenters. The first kappa shape index (κ1) is 23.9. The second-order valence-electron chi connectivity index (χ2n) is 8.57. The van der Waals surface area contributed by atoms with Crippen LogP contribution in [0.4, 0.5) is 0 Å². The van der Waals surface area contributed by atoms with Crippen LogP contribution in [-0.2, 0) is 11.3 Å². The summed E-state index contributed by atoms with van der Waals surface area (Å²) >= 11 is 1.33. The fourth-order valence-corrected chi connectivity index (χ4v) is 5.10. The van der Waals surface area contributed by atoms with Gasteiger partial charge in [-0.3, -0.25) is 9.36 Å². The van der Waals surface area contributed by atoms with Crippen LogP contribution in [0.1, 0.15) is 12.5 Å². The van der Waals surface area contributed by atoms with Gasteiger partial charge in [0.2, 0.25) is 12.7 Å². The number of ether oxygens (including phenoxy) is 3. The average molecular weight is 528 g/mol. The van der Waals surface area contributed by atoms with Gasteiger partial charge in [-0.2, -0.15) is 0 Å². The van der Waals surface area contributed by atoms with Crippen LogP contribution < -0.4 is 19.5 Å². The van der Waals surface area contributed by atoms with E-state index in [9.17, 15) is 4.79 Å². The highest BCUT2D eigenvalue weighted by atomic mass is 32.2. The van der Waals surface area contributed by atoms with Crippen molar-refractivity contribution in [1.29, 1.82) is 0 Å². The Bertz CT molecular complexity index is 1590. The maximum Gasteiger partial charge on any atom is 0.231 e. The van der Waals surface area contributed by atoms with E-state index in [1.807, 2.05) is 78.4 Å². The predicted molar refractivity (Wildman–Crippen MR) is 145 cm³/mol. The van der Waals surface area contributed by atoms with Crippen molar-refractivity contribution in [1.82, 2.24) is 25.1 Å². The molecule has 1 aliphatic rings. The third-order valence-corrected chi connectivity index (χ3v) is 7.06. The Balaban J connectivity index is 1.23. The summed E-state index contributed by atoms with van der Waals surface area (Å²) in [7, 11) is 0. The van der Waals surface area contributed by atoms with Crippen LogP contribution in [0.25, 0.3) is 28.0 Å². The molecule has 0 fully saturated rings. The SMILES string of the molecule is CCOc1ccc(-n2c(SCC(=O)NCc3ccc4c(c3)OCO4)nnc2-c2c[nH]c3ccccc23)cc1. The van der Waals surface area contributed by atoms with Crippen molar-refractivity contribution in [2.24, 2.45) is 0 Å². The van der Waals surface area contributed by atoms with Gasteiger partial charge in [0.1, 0.15) is 5.75 Å². The summed E-state index contributed by atoms with van der Waals surface area (Å²) in [5.41, 5.74) is 3.76. The summed E-state index contributed by atoms with van der Waals surface area (Å²) in [6.07, 6.45) is 1.94. The maximum absolute atomic E-state index is 12.7. The minimum Gasteiger partial charge on any atom is -0.494 e. The van der Waals surface area contributed by atoms with E-state index in [4.69, 9.17) is 14.2 Å². The van der Waals surface area contributed by atoms with Crippen molar-refractivity contribution in [2.45, 2.75) is 18.6 Å². The Morgan fingerprint density at radius 3 is 2.79 bits per heavy atom. The zero-order chi connectivity index (χ0) is 25.9. The number of rotatable bonds is 9. The number of fused-ring (bicyclic) bond motifs is 2. The number of thioether (sulfide) groups is 1. The highest BCUT2D eigenvalue weighted by Gasteiger charge is 2.20. The van der Waals surface area contributed by atoms with E-state index in [1.165, 1.54) is 11.8 Å². The van der Waals surface area contributed by atoms with Gasteiger partial charge in [0.15, 0.2) is 22.5 Å². The molecule has 0 bridgehead atoms. The average Bonchev–Trinajstić information content (AvgIpc) is 3.69. The minimum atomic E-state index is -0.109. The van der Waals surface area contributed by atoms with E-state index in [-0.39, 0.29) is 18.5 Å². The number of nitrogens with zero attached hydrogens (tertiary/aromatic N) is 3. The second-order valence-corrected chi connectivity index (χ2v) is 9.51. The molecule has 6 rings (SSSR count). The van der Waals surface area contributed by atoms with Crippen LogP contribution in [0, 0.1) is 0 Å². The Kier molecular flexibility index (Phi) is 6.62. The molecule has 38 heavy (non-hydrogen) atoms. The van der Waals surface area contributed by atoms with Gasteiger partial charge < -0.3 is 24.5 Å². The summed E-state index contributed by atoms with van der Waals surface area (Å²) in [6, 6.07) is 21.5. The number of nitrogens with one attached hydrogen (secondary N) is 2. The first-order chi connectivity index (χ1) is 18.7. The molecule has 9 nitrogen and oxygen atoms in total. The summed E-state index contributed by atoms with van der Waals surface area (Å²) in [5, 5.41) is 13.6. The monoisotopic (exact) mass is 527 g/mol. The van der Waals surface area contributed by atoms with E-state index in [2.05, 4.69) is 26.6 Å². The van der Waals surface area contributed by atoms with E-state index in [0.717, 1.165) is 39.2 Å². The zero-order valence-electron chi connectivity index (χ0n) is 20.6. The van der Waals surface area contributed by atoms with Crippen LogP contribution >= 0.6 is 11.8 Å². The van der Waals surface area contributed by atoms with E-state index < -0.39 is 0 Å². The van der Waals surface area contributed by atoms with Crippen LogP contribution in [0.15, 0.2) is 78.1 Å². The summed E-state index contributed by atoms with van der Waals surface area (Å²) in [5.74, 6) is 2.97. The topological polar surface area (TPSA) is 103 Å². The lowest BCUT2D eigenvalue weighted by Gasteiger charge is -2.11. The number of carbonyl (C=O) groups is 1. The van der Waals surface area contributed by atoms with Gasteiger partial charge in [-0.15, -0.1) is 10.2 Å². The zero-order valence-corrected chi connectivity index (χ0v) is 21.5. The van der Waals surface area contributed by atoms with Gasteiger partial charge in [-0.05, 0) is 55.0 Å². The van der Waals surface area contributed by atoms with Crippen molar-refractivity contribution < 1.29 is 19.0 Å². The molecule has 10 heteroatoms. The molecule has 0 saturated heterocycles. The van der Waals surface area contributed by atoms with Crippen LogP contribution in [0.3, 0.4) is 0 Å². The van der Waals surface area contributed by atoms with E-state index in [1.54, 1.807) is 0 Å². The highest BCUT2D eigenvalue weighted by Crippen LogP contribution is 2.34. The summed E-state index contributed by atoms with van der Waals surface area (Å²) < 4.78 is 18.4. The quantitative estimate of drug-likeness (QED) is 0.261. The lowest BCUT2D eigenvalue weighted by Crippen LogP contribution is -2.24. The van der Waals surface area contributed by atoms with Gasteiger partial charge in [0.25, 0.3) is 0 Å². The highest BCUT2D eigenvalue weighted by molar-refractivity contribution is 7.99. The number of H-pyrrole nitrogens is 1. The first-order valence-corrected chi connectivity index (χ1v) is 13.2. The van der Waals surface area contributed by atoms with Gasteiger partial charge in [-0.1, -0.05) is 36.0 Å². The number of carbonyl (C=O) groups excluding carboxylic acids is 1. The Morgan fingerprint density at radius 2 is 1.92 bits per heavy atom. The summed E-state index contributed by atoms with van der Waals surface area (Å²) in [4.78, 5) is 16.0. The molecule has 5 aromatic rings. The van der Waals surface area contributed by atoms with Gasteiger partial charge in [0.05, 0.1) is 12.4 Å². The number of hydrogen-bond acceptors (Lipinski definition) is 7. The molecule has 1 amide bonds. The Hall–Kier alpha value is -4.44. The number of hydrogen-bond donors (Lipinski definition) is 2. The van der Waals surface area contributed by atoms with E-state index in [0.29, 0.717) is 29.9 Å². The number of aromatic amines is 1. The third kappa shape index (κ3) is 4.78. The molecule has 192 valence electrons. The maximum atomic E-state index is 12.7. The molecule has 2 aromatic heterocycles. The molecule has 0 aliphatic carbocycles. The van der Waals surface area contributed by atoms with Gasteiger partial charge >= 0.3 is 0 Å². The predicted octanol–water partition coefficient (Wildman–Crippen LogP) is 4.95. The molecule has 0 unspecified atom stereocenters. The minimum absolute atomic E-state index is 0.109. The number of amides is 1. The molecule has 0 saturated carbocycles. The van der Waals surface area contributed by atoms with Gasteiger partial charge in [0, 0.05) is 34.9 Å².